The molecule has 0 fully saturated rings. The van der Waals surface area contributed by atoms with E-state index in [0.29, 0.717) is 21.7 Å². The zero-order valence-corrected chi connectivity index (χ0v) is 7.88. The summed E-state index contributed by atoms with van der Waals surface area (Å²) < 4.78 is 5.13. The highest BCUT2D eigenvalue weighted by Crippen LogP contribution is 2.23. The molecule has 13 heavy (non-hydrogen) atoms. The molecule has 2 aromatic heterocycles. The van der Waals surface area contributed by atoms with Crippen LogP contribution in [0.1, 0.15) is 0 Å². The smallest absolute Gasteiger partial charge is 0.194 e. The van der Waals surface area contributed by atoms with Gasteiger partial charge in [0.05, 0.1) is 11.2 Å². The van der Waals surface area contributed by atoms with E-state index < -0.39 is 0 Å². The summed E-state index contributed by atoms with van der Waals surface area (Å²) in [6.07, 6.45) is 1.45. The molecule has 3 nitrogen and oxygen atoms in total. The van der Waals surface area contributed by atoms with Crippen LogP contribution in [0, 0.1) is 0 Å². The molecule has 0 radical (unpaired) electrons. The van der Waals surface area contributed by atoms with Gasteiger partial charge in [-0.05, 0) is 29.8 Å². The summed E-state index contributed by atoms with van der Waals surface area (Å²) in [5.74, 6) is 0.556. The monoisotopic (exact) mass is 214 g/mol. The molecule has 66 valence electrons. The third-order valence-corrected chi connectivity index (χ3v) is 1.86. The number of hydrogen-bond donors (Lipinski definition) is 0. The molecule has 0 aromatic carbocycles. The van der Waals surface area contributed by atoms with Crippen LogP contribution in [0.5, 0.6) is 0 Å². The Morgan fingerprint density at radius 1 is 1.23 bits per heavy atom. The fourth-order valence-electron chi connectivity index (χ4n) is 0.915. The summed E-state index contributed by atoms with van der Waals surface area (Å²) in [4.78, 5) is 0. The van der Waals surface area contributed by atoms with Gasteiger partial charge in [0.15, 0.2) is 11.0 Å². The molecule has 0 saturated carbocycles. The Bertz CT molecular complexity index is 428. The maximum Gasteiger partial charge on any atom is 0.194 e. The Labute approximate surface area is 84.3 Å². The maximum absolute atomic E-state index is 5.72. The van der Waals surface area contributed by atoms with Crippen LogP contribution in [-0.4, -0.2) is 10.2 Å². The largest absolute Gasteiger partial charge is 0.443 e. The molecule has 0 aliphatic rings. The lowest BCUT2D eigenvalue weighted by molar-refractivity contribution is 0.581. The van der Waals surface area contributed by atoms with Crippen molar-refractivity contribution in [2.45, 2.75) is 0 Å². The van der Waals surface area contributed by atoms with Crippen LogP contribution in [-0.2, 0) is 0 Å². The summed E-state index contributed by atoms with van der Waals surface area (Å²) in [5.41, 5.74) is 0.569. The van der Waals surface area contributed by atoms with Crippen molar-refractivity contribution in [3.05, 3.63) is 34.6 Å². The molecule has 2 aromatic rings. The normalized spacial score (nSPS) is 10.3. The lowest BCUT2D eigenvalue weighted by atomic mass is 10.3. The molecule has 0 N–H and O–H groups in total. The van der Waals surface area contributed by atoms with Crippen molar-refractivity contribution in [3.8, 4) is 11.5 Å². The van der Waals surface area contributed by atoms with E-state index in [4.69, 9.17) is 27.6 Å². The van der Waals surface area contributed by atoms with Gasteiger partial charge in [-0.2, -0.15) is 5.10 Å². The number of hydrogen-bond acceptors (Lipinski definition) is 3. The van der Waals surface area contributed by atoms with E-state index in [0.717, 1.165) is 0 Å². The molecule has 0 unspecified atom stereocenters. The minimum atomic E-state index is 0.316. The summed E-state index contributed by atoms with van der Waals surface area (Å²) in [6.45, 7) is 0. The van der Waals surface area contributed by atoms with Crippen molar-refractivity contribution in [1.29, 1.82) is 0 Å². The highest BCUT2D eigenvalue weighted by atomic mass is 35.5. The minimum Gasteiger partial charge on any atom is -0.443 e. The highest BCUT2D eigenvalue weighted by molar-refractivity contribution is 6.30. The molecule has 2 heterocycles. The Hall–Kier alpha value is -1.06. The second kappa shape index (κ2) is 3.36. The zero-order valence-electron chi connectivity index (χ0n) is 6.37. The Kier molecular flexibility index (Phi) is 2.20. The Morgan fingerprint density at radius 2 is 2.08 bits per heavy atom. The SMILES string of the molecule is Clc1cnnc(-c2ccc(Cl)o2)c1. The quantitative estimate of drug-likeness (QED) is 0.733. The summed E-state index contributed by atoms with van der Waals surface area (Å²) >= 11 is 11.3. The topological polar surface area (TPSA) is 38.9 Å². The first kappa shape index (κ1) is 8.53. The van der Waals surface area contributed by atoms with Crippen molar-refractivity contribution < 1.29 is 4.42 Å². The first-order valence-electron chi connectivity index (χ1n) is 3.49. The van der Waals surface area contributed by atoms with Crippen LogP contribution >= 0.6 is 23.2 Å². The Balaban J connectivity index is 2.46. The molecule has 0 spiro atoms. The maximum atomic E-state index is 5.72. The fourth-order valence-corrected chi connectivity index (χ4v) is 1.21. The van der Waals surface area contributed by atoms with Crippen LogP contribution in [0.3, 0.4) is 0 Å². The van der Waals surface area contributed by atoms with Crippen LogP contribution in [0.15, 0.2) is 28.8 Å². The Morgan fingerprint density at radius 3 is 2.69 bits per heavy atom. The number of halogens is 2. The molecule has 0 aliphatic carbocycles. The lowest BCUT2D eigenvalue weighted by Gasteiger charge is -1.93. The van der Waals surface area contributed by atoms with E-state index in [1.165, 1.54) is 6.20 Å². The van der Waals surface area contributed by atoms with E-state index in [1.807, 2.05) is 0 Å². The van der Waals surface area contributed by atoms with E-state index >= 15 is 0 Å². The van der Waals surface area contributed by atoms with Gasteiger partial charge in [0.2, 0.25) is 0 Å². The highest BCUT2D eigenvalue weighted by Gasteiger charge is 2.05. The van der Waals surface area contributed by atoms with Gasteiger partial charge >= 0.3 is 0 Å². The van der Waals surface area contributed by atoms with Crippen molar-refractivity contribution >= 4 is 23.2 Å². The average Bonchev–Trinajstić information content (AvgIpc) is 2.52. The average molecular weight is 215 g/mol. The van der Waals surface area contributed by atoms with E-state index in [2.05, 4.69) is 10.2 Å². The molecule has 2 rings (SSSR count). The van der Waals surface area contributed by atoms with Gasteiger partial charge in [-0.1, -0.05) is 11.6 Å². The van der Waals surface area contributed by atoms with E-state index in [1.54, 1.807) is 18.2 Å². The standard InChI is InChI=1S/C8H4Cl2N2O/c9-5-3-6(12-11-4-5)7-1-2-8(10)13-7/h1-4H. The number of rotatable bonds is 1. The number of furan rings is 1. The van der Waals surface area contributed by atoms with Crippen molar-refractivity contribution in [3.63, 3.8) is 0 Å². The summed E-state index contributed by atoms with van der Waals surface area (Å²) in [7, 11) is 0. The van der Waals surface area contributed by atoms with Crippen LogP contribution in [0.4, 0.5) is 0 Å². The summed E-state index contributed by atoms with van der Waals surface area (Å²) in [5, 5.41) is 8.35. The second-order valence-electron chi connectivity index (χ2n) is 2.36. The van der Waals surface area contributed by atoms with Crippen LogP contribution < -0.4 is 0 Å². The second-order valence-corrected chi connectivity index (χ2v) is 3.17. The summed E-state index contributed by atoms with van der Waals surface area (Å²) in [6, 6.07) is 5.01. The molecule has 0 atom stereocenters. The first-order valence-corrected chi connectivity index (χ1v) is 4.25. The van der Waals surface area contributed by atoms with Crippen LogP contribution in [0.25, 0.3) is 11.5 Å². The molecular formula is C8H4Cl2N2O. The van der Waals surface area contributed by atoms with Gasteiger partial charge in [0.1, 0.15) is 5.69 Å². The predicted molar refractivity (Wildman–Crippen MR) is 49.8 cm³/mol. The van der Waals surface area contributed by atoms with Crippen molar-refractivity contribution in [2.24, 2.45) is 0 Å². The lowest BCUT2D eigenvalue weighted by Crippen LogP contribution is -1.84. The van der Waals surface area contributed by atoms with Gasteiger partial charge in [-0.3, -0.25) is 0 Å². The molecule has 5 heteroatoms. The van der Waals surface area contributed by atoms with Crippen molar-refractivity contribution in [2.75, 3.05) is 0 Å². The van der Waals surface area contributed by atoms with Gasteiger partial charge < -0.3 is 4.42 Å². The molecular weight excluding hydrogens is 211 g/mol. The fraction of sp³-hybridized carbons (Fsp3) is 0. The van der Waals surface area contributed by atoms with Gasteiger partial charge in [-0.15, -0.1) is 5.10 Å². The predicted octanol–water partition coefficient (Wildman–Crippen LogP) is 3.04. The van der Waals surface area contributed by atoms with Crippen LogP contribution in [0.2, 0.25) is 10.2 Å². The van der Waals surface area contributed by atoms with Crippen molar-refractivity contribution in [1.82, 2.24) is 10.2 Å². The minimum absolute atomic E-state index is 0.316. The van der Waals surface area contributed by atoms with Gasteiger partial charge in [0.25, 0.3) is 0 Å². The third kappa shape index (κ3) is 1.82. The van der Waals surface area contributed by atoms with Gasteiger partial charge in [-0.25, -0.2) is 0 Å². The molecule has 0 amide bonds. The van der Waals surface area contributed by atoms with E-state index in [9.17, 15) is 0 Å². The zero-order chi connectivity index (χ0) is 9.26. The first-order chi connectivity index (χ1) is 6.25. The van der Waals surface area contributed by atoms with Gasteiger partial charge in [0, 0.05) is 0 Å². The molecule has 0 bridgehead atoms. The molecule has 0 saturated heterocycles. The van der Waals surface area contributed by atoms with E-state index in [-0.39, 0.29) is 0 Å². The molecule has 0 aliphatic heterocycles. The number of aromatic nitrogens is 2. The number of nitrogens with zero attached hydrogens (tertiary/aromatic N) is 2. The third-order valence-electron chi connectivity index (χ3n) is 1.45.